The predicted molar refractivity (Wildman–Crippen MR) is 65.6 cm³/mol. The zero-order chi connectivity index (χ0) is 11.1. The maximum Gasteiger partial charge on any atom is 0.227 e. The number of pyridine rings is 1. The van der Waals surface area contributed by atoms with Crippen LogP contribution in [0.2, 0.25) is 0 Å². The minimum atomic E-state index is 0.519. The maximum atomic E-state index is 5.73. The Hall–Kier alpha value is -1.83. The van der Waals surface area contributed by atoms with E-state index in [0.29, 0.717) is 5.92 Å². The van der Waals surface area contributed by atoms with E-state index in [2.05, 4.69) is 37.0 Å². The van der Waals surface area contributed by atoms with Gasteiger partial charge in [-0.1, -0.05) is 26.0 Å². The fourth-order valence-electron chi connectivity index (χ4n) is 1.99. The van der Waals surface area contributed by atoms with E-state index in [1.807, 2.05) is 12.1 Å². The first-order chi connectivity index (χ1) is 7.75. The Bertz CT molecular complexity index is 652. The van der Waals surface area contributed by atoms with Crippen molar-refractivity contribution in [2.45, 2.75) is 19.8 Å². The van der Waals surface area contributed by atoms with Crippen molar-refractivity contribution in [2.24, 2.45) is 0 Å². The molecule has 3 aromatic rings. The Labute approximate surface area is 93.9 Å². The van der Waals surface area contributed by atoms with Gasteiger partial charge in [0.25, 0.3) is 0 Å². The van der Waals surface area contributed by atoms with Crippen molar-refractivity contribution in [2.75, 3.05) is 0 Å². The third kappa shape index (κ3) is 1.30. The van der Waals surface area contributed by atoms with Crippen molar-refractivity contribution < 1.29 is 4.42 Å². The highest BCUT2D eigenvalue weighted by Crippen LogP contribution is 2.29. The Morgan fingerprint density at radius 2 is 2.00 bits per heavy atom. The van der Waals surface area contributed by atoms with Crippen LogP contribution in [-0.4, -0.2) is 4.98 Å². The molecule has 2 heteroatoms. The molecule has 0 atom stereocenters. The first-order valence-corrected chi connectivity index (χ1v) is 5.53. The molecule has 16 heavy (non-hydrogen) atoms. The van der Waals surface area contributed by atoms with Crippen molar-refractivity contribution in [3.8, 4) is 0 Å². The Morgan fingerprint density at radius 3 is 2.81 bits per heavy atom. The zero-order valence-electron chi connectivity index (χ0n) is 9.40. The topological polar surface area (TPSA) is 26.0 Å². The molecule has 0 N–H and O–H groups in total. The lowest BCUT2D eigenvalue weighted by Crippen LogP contribution is -1.84. The second-order valence-electron chi connectivity index (χ2n) is 4.37. The first-order valence-electron chi connectivity index (χ1n) is 5.53. The van der Waals surface area contributed by atoms with E-state index in [1.165, 1.54) is 5.56 Å². The average molecular weight is 211 g/mol. The number of hydrogen-bond acceptors (Lipinski definition) is 2. The average Bonchev–Trinajstić information content (AvgIpc) is 2.66. The monoisotopic (exact) mass is 211 g/mol. The molecule has 0 spiro atoms. The number of rotatable bonds is 1. The van der Waals surface area contributed by atoms with E-state index < -0.39 is 0 Å². The van der Waals surface area contributed by atoms with Crippen LogP contribution in [0.4, 0.5) is 0 Å². The Kier molecular flexibility index (Phi) is 1.96. The lowest BCUT2D eigenvalue weighted by Gasteiger charge is -2.03. The third-order valence-corrected chi connectivity index (χ3v) is 2.94. The SMILES string of the molecule is CC(C)c1ccc2c(c1)oc1ncccc12. The molecule has 0 fully saturated rings. The fraction of sp³-hybridized carbons (Fsp3) is 0.214. The number of hydrogen-bond donors (Lipinski definition) is 0. The molecule has 0 aliphatic rings. The largest absolute Gasteiger partial charge is 0.438 e. The van der Waals surface area contributed by atoms with Gasteiger partial charge in [0, 0.05) is 17.0 Å². The maximum absolute atomic E-state index is 5.73. The van der Waals surface area contributed by atoms with Crippen LogP contribution in [0.25, 0.3) is 22.1 Å². The quantitative estimate of drug-likeness (QED) is 0.605. The summed E-state index contributed by atoms with van der Waals surface area (Å²) in [6, 6.07) is 10.4. The van der Waals surface area contributed by atoms with E-state index in [4.69, 9.17) is 4.42 Å². The van der Waals surface area contributed by atoms with Gasteiger partial charge in [-0.05, 0) is 29.7 Å². The molecule has 0 bridgehead atoms. The molecule has 0 radical (unpaired) electrons. The van der Waals surface area contributed by atoms with E-state index in [9.17, 15) is 0 Å². The molecule has 80 valence electrons. The van der Waals surface area contributed by atoms with Gasteiger partial charge >= 0.3 is 0 Å². The molecule has 0 aliphatic carbocycles. The summed E-state index contributed by atoms with van der Waals surface area (Å²) >= 11 is 0. The lowest BCUT2D eigenvalue weighted by molar-refractivity contribution is 0.652. The summed E-state index contributed by atoms with van der Waals surface area (Å²) in [7, 11) is 0. The number of furan rings is 1. The second-order valence-corrected chi connectivity index (χ2v) is 4.37. The summed E-state index contributed by atoms with van der Waals surface area (Å²) in [4.78, 5) is 4.23. The number of benzene rings is 1. The van der Waals surface area contributed by atoms with Crippen molar-refractivity contribution in [3.63, 3.8) is 0 Å². The first kappa shape index (κ1) is 9.40. The third-order valence-electron chi connectivity index (χ3n) is 2.94. The molecular weight excluding hydrogens is 198 g/mol. The van der Waals surface area contributed by atoms with Crippen LogP contribution in [0.3, 0.4) is 0 Å². The Balaban J connectivity index is 2.37. The van der Waals surface area contributed by atoms with Gasteiger partial charge in [-0.15, -0.1) is 0 Å². The van der Waals surface area contributed by atoms with Gasteiger partial charge in [0.05, 0.1) is 0 Å². The van der Waals surface area contributed by atoms with Crippen molar-refractivity contribution >= 4 is 22.1 Å². The van der Waals surface area contributed by atoms with Crippen LogP contribution < -0.4 is 0 Å². The molecule has 0 saturated heterocycles. The minimum Gasteiger partial charge on any atom is -0.438 e. The summed E-state index contributed by atoms with van der Waals surface area (Å²) in [5.74, 6) is 0.519. The normalized spacial score (nSPS) is 11.7. The number of fused-ring (bicyclic) bond motifs is 3. The van der Waals surface area contributed by atoms with Crippen molar-refractivity contribution in [3.05, 3.63) is 42.1 Å². The lowest BCUT2D eigenvalue weighted by atomic mass is 10.0. The standard InChI is InChI=1S/C14H13NO/c1-9(2)10-5-6-11-12-4-3-7-15-14(12)16-13(11)8-10/h3-9H,1-2H3. The minimum absolute atomic E-state index is 0.519. The highest BCUT2D eigenvalue weighted by molar-refractivity contribution is 6.03. The number of nitrogens with zero attached hydrogens (tertiary/aromatic N) is 1. The molecule has 2 heterocycles. The van der Waals surface area contributed by atoms with E-state index >= 15 is 0 Å². The van der Waals surface area contributed by atoms with Crippen LogP contribution >= 0.6 is 0 Å². The van der Waals surface area contributed by atoms with Crippen molar-refractivity contribution in [1.29, 1.82) is 0 Å². The molecule has 1 aromatic carbocycles. The summed E-state index contributed by atoms with van der Waals surface area (Å²) < 4.78 is 5.73. The fourth-order valence-corrected chi connectivity index (χ4v) is 1.99. The van der Waals surface area contributed by atoms with Gasteiger partial charge in [0.2, 0.25) is 5.71 Å². The molecule has 3 rings (SSSR count). The van der Waals surface area contributed by atoms with Gasteiger partial charge in [-0.2, -0.15) is 0 Å². The molecular formula is C14H13NO. The highest BCUT2D eigenvalue weighted by atomic mass is 16.3. The summed E-state index contributed by atoms with van der Waals surface area (Å²) in [6.45, 7) is 4.37. The summed E-state index contributed by atoms with van der Waals surface area (Å²) in [5.41, 5.74) is 2.95. The molecule has 0 amide bonds. The molecule has 2 nitrogen and oxygen atoms in total. The smallest absolute Gasteiger partial charge is 0.227 e. The van der Waals surface area contributed by atoms with Crippen LogP contribution in [0.5, 0.6) is 0 Å². The number of aromatic nitrogens is 1. The molecule has 0 saturated carbocycles. The summed E-state index contributed by atoms with van der Waals surface area (Å²) in [5, 5.41) is 2.24. The summed E-state index contributed by atoms with van der Waals surface area (Å²) in [6.07, 6.45) is 1.76. The van der Waals surface area contributed by atoms with Gasteiger partial charge in [-0.3, -0.25) is 0 Å². The van der Waals surface area contributed by atoms with E-state index in [-0.39, 0.29) is 0 Å². The van der Waals surface area contributed by atoms with Gasteiger partial charge < -0.3 is 4.42 Å². The Morgan fingerprint density at radius 1 is 1.12 bits per heavy atom. The van der Waals surface area contributed by atoms with Crippen molar-refractivity contribution in [1.82, 2.24) is 4.98 Å². The van der Waals surface area contributed by atoms with Crippen LogP contribution in [0.1, 0.15) is 25.3 Å². The van der Waals surface area contributed by atoms with Crippen LogP contribution in [0, 0.1) is 0 Å². The van der Waals surface area contributed by atoms with E-state index in [0.717, 1.165) is 22.1 Å². The van der Waals surface area contributed by atoms with Crippen LogP contribution in [0.15, 0.2) is 40.9 Å². The van der Waals surface area contributed by atoms with Gasteiger partial charge in [0.15, 0.2) is 0 Å². The highest BCUT2D eigenvalue weighted by Gasteiger charge is 2.08. The van der Waals surface area contributed by atoms with Gasteiger partial charge in [-0.25, -0.2) is 4.98 Å². The molecule has 0 aliphatic heterocycles. The molecule has 2 aromatic heterocycles. The molecule has 0 unspecified atom stereocenters. The van der Waals surface area contributed by atoms with E-state index in [1.54, 1.807) is 6.20 Å². The van der Waals surface area contributed by atoms with Gasteiger partial charge in [0.1, 0.15) is 5.58 Å². The second kappa shape index (κ2) is 3.34. The van der Waals surface area contributed by atoms with Crippen LogP contribution in [-0.2, 0) is 0 Å². The zero-order valence-corrected chi connectivity index (χ0v) is 9.40. The predicted octanol–water partition coefficient (Wildman–Crippen LogP) is 4.10.